The molecule has 2 N–H and O–H groups in total. The van der Waals surface area contributed by atoms with E-state index in [4.69, 9.17) is 5.73 Å². The maximum atomic E-state index is 12.4. The molecule has 5 heteroatoms. The summed E-state index contributed by atoms with van der Waals surface area (Å²) in [6, 6.07) is 5.50. The molecule has 0 bridgehead atoms. The highest BCUT2D eigenvalue weighted by Crippen LogP contribution is 2.21. The van der Waals surface area contributed by atoms with Crippen molar-refractivity contribution in [3.05, 3.63) is 29.3 Å². The van der Waals surface area contributed by atoms with Crippen LogP contribution in [-0.2, 0) is 11.2 Å². The van der Waals surface area contributed by atoms with E-state index in [1.54, 1.807) is 25.1 Å². The number of anilines is 1. The predicted molar refractivity (Wildman–Crippen MR) is 78.4 cm³/mol. The molecule has 0 saturated heterocycles. The Labute approximate surface area is 119 Å². The maximum absolute atomic E-state index is 12.4. The molecule has 0 fully saturated rings. The molecule has 0 radical (unpaired) electrons. The van der Waals surface area contributed by atoms with E-state index in [2.05, 4.69) is 0 Å². The molecule has 2 amide bonds. The van der Waals surface area contributed by atoms with Crippen molar-refractivity contribution in [3.63, 3.8) is 0 Å². The fourth-order valence-corrected chi connectivity index (χ4v) is 2.40. The fraction of sp³-hybridized carbons (Fsp3) is 0.467. The minimum Gasteiger partial charge on any atom is -0.399 e. The Morgan fingerprint density at radius 2 is 2.15 bits per heavy atom. The van der Waals surface area contributed by atoms with Crippen LogP contribution in [-0.4, -0.2) is 48.8 Å². The van der Waals surface area contributed by atoms with E-state index in [0.717, 1.165) is 12.0 Å². The summed E-state index contributed by atoms with van der Waals surface area (Å²) in [6.07, 6.45) is 2.02. The molecule has 0 aliphatic carbocycles. The Balaban J connectivity index is 1.96. The van der Waals surface area contributed by atoms with Gasteiger partial charge in [-0.15, -0.1) is 0 Å². The number of hydrogen-bond donors (Lipinski definition) is 1. The first-order valence-corrected chi connectivity index (χ1v) is 6.87. The maximum Gasteiger partial charge on any atom is 0.254 e. The number of rotatable bonds is 4. The molecule has 1 heterocycles. The molecule has 2 rings (SSSR count). The first-order chi connectivity index (χ1) is 9.49. The van der Waals surface area contributed by atoms with Crippen molar-refractivity contribution in [2.75, 3.05) is 32.9 Å². The van der Waals surface area contributed by atoms with Crippen LogP contribution in [0, 0.1) is 0 Å². The molecule has 0 unspecified atom stereocenters. The molecule has 0 spiro atoms. The molecule has 108 valence electrons. The summed E-state index contributed by atoms with van der Waals surface area (Å²) in [5.41, 5.74) is 8.12. The summed E-state index contributed by atoms with van der Waals surface area (Å²) in [7, 11) is 3.49. The lowest BCUT2D eigenvalue weighted by atomic mass is 9.98. The van der Waals surface area contributed by atoms with Crippen molar-refractivity contribution in [2.45, 2.75) is 19.3 Å². The quantitative estimate of drug-likeness (QED) is 0.838. The van der Waals surface area contributed by atoms with Gasteiger partial charge in [-0.3, -0.25) is 9.59 Å². The van der Waals surface area contributed by atoms with Crippen LogP contribution in [0.3, 0.4) is 0 Å². The van der Waals surface area contributed by atoms with E-state index >= 15 is 0 Å². The normalized spacial score (nSPS) is 14.1. The zero-order valence-corrected chi connectivity index (χ0v) is 12.1. The Bertz CT molecular complexity index is 526. The number of fused-ring (bicyclic) bond motifs is 1. The third-order valence-electron chi connectivity index (χ3n) is 3.62. The van der Waals surface area contributed by atoms with E-state index in [0.29, 0.717) is 37.2 Å². The van der Waals surface area contributed by atoms with Gasteiger partial charge in [-0.25, -0.2) is 0 Å². The highest BCUT2D eigenvalue weighted by molar-refractivity contribution is 5.97. The molecular weight excluding hydrogens is 254 g/mol. The minimum absolute atomic E-state index is 0.0239. The summed E-state index contributed by atoms with van der Waals surface area (Å²) in [4.78, 5) is 27.3. The van der Waals surface area contributed by atoms with Crippen LogP contribution in [0.5, 0.6) is 0 Å². The average molecular weight is 275 g/mol. The standard InChI is InChI=1S/C15H21N3O2/c1-17(2)14(19)4-3-8-18-9-7-11-5-6-12(16)10-13(11)15(18)20/h5-6,10H,3-4,7-9,16H2,1-2H3. The van der Waals surface area contributed by atoms with E-state index < -0.39 is 0 Å². The molecule has 1 aromatic rings. The average Bonchev–Trinajstić information content (AvgIpc) is 2.41. The first kappa shape index (κ1) is 14.4. The number of nitrogens with two attached hydrogens (primary N) is 1. The topological polar surface area (TPSA) is 66.6 Å². The van der Waals surface area contributed by atoms with E-state index in [-0.39, 0.29) is 11.8 Å². The molecular formula is C15H21N3O2. The van der Waals surface area contributed by atoms with Crippen molar-refractivity contribution in [2.24, 2.45) is 0 Å². The highest BCUT2D eigenvalue weighted by Gasteiger charge is 2.24. The summed E-state index contributed by atoms with van der Waals surface area (Å²) in [5.74, 6) is 0.120. The minimum atomic E-state index is 0.0239. The molecule has 0 saturated carbocycles. The number of hydrogen-bond acceptors (Lipinski definition) is 3. The lowest BCUT2D eigenvalue weighted by Gasteiger charge is -2.28. The summed E-state index contributed by atoms with van der Waals surface area (Å²) >= 11 is 0. The van der Waals surface area contributed by atoms with Crippen molar-refractivity contribution < 1.29 is 9.59 Å². The number of carbonyl (C=O) groups is 2. The smallest absolute Gasteiger partial charge is 0.254 e. The second-order valence-corrected chi connectivity index (χ2v) is 5.35. The Morgan fingerprint density at radius 1 is 1.40 bits per heavy atom. The highest BCUT2D eigenvalue weighted by atomic mass is 16.2. The van der Waals surface area contributed by atoms with Crippen LogP contribution < -0.4 is 5.73 Å². The van der Waals surface area contributed by atoms with Gasteiger partial charge >= 0.3 is 0 Å². The van der Waals surface area contributed by atoms with Crippen molar-refractivity contribution in [3.8, 4) is 0 Å². The van der Waals surface area contributed by atoms with E-state index in [1.165, 1.54) is 0 Å². The van der Waals surface area contributed by atoms with Gasteiger partial charge in [0, 0.05) is 44.9 Å². The monoisotopic (exact) mass is 275 g/mol. The van der Waals surface area contributed by atoms with Crippen LogP contribution in [0.25, 0.3) is 0 Å². The zero-order valence-electron chi connectivity index (χ0n) is 12.1. The number of amides is 2. The van der Waals surface area contributed by atoms with Crippen molar-refractivity contribution in [1.29, 1.82) is 0 Å². The largest absolute Gasteiger partial charge is 0.399 e. The van der Waals surface area contributed by atoms with Gasteiger partial charge in [0.1, 0.15) is 0 Å². The fourth-order valence-electron chi connectivity index (χ4n) is 2.40. The lowest BCUT2D eigenvalue weighted by molar-refractivity contribution is -0.128. The Hall–Kier alpha value is -2.04. The summed E-state index contributed by atoms with van der Waals surface area (Å²) in [5, 5.41) is 0. The molecule has 0 atom stereocenters. The van der Waals surface area contributed by atoms with E-state index in [1.807, 2.05) is 17.0 Å². The third kappa shape index (κ3) is 3.10. The van der Waals surface area contributed by atoms with Crippen molar-refractivity contribution in [1.82, 2.24) is 9.80 Å². The Kier molecular flexibility index (Phi) is 4.27. The summed E-state index contributed by atoms with van der Waals surface area (Å²) in [6.45, 7) is 1.33. The molecule has 1 aliphatic heterocycles. The van der Waals surface area contributed by atoms with Crippen molar-refractivity contribution >= 4 is 17.5 Å². The predicted octanol–water partition coefficient (Wildman–Crippen LogP) is 1.14. The molecule has 0 aromatic heterocycles. The molecule has 1 aromatic carbocycles. The van der Waals surface area contributed by atoms with Gasteiger partial charge in [0.2, 0.25) is 5.91 Å². The summed E-state index contributed by atoms with van der Waals surface area (Å²) < 4.78 is 0. The SMILES string of the molecule is CN(C)C(=O)CCCN1CCc2ccc(N)cc2C1=O. The van der Waals surface area contributed by atoms with Gasteiger partial charge in [0.25, 0.3) is 5.91 Å². The third-order valence-corrected chi connectivity index (χ3v) is 3.62. The Morgan fingerprint density at radius 3 is 2.85 bits per heavy atom. The van der Waals surface area contributed by atoms with Gasteiger partial charge in [-0.2, -0.15) is 0 Å². The van der Waals surface area contributed by atoms with Crippen LogP contribution >= 0.6 is 0 Å². The van der Waals surface area contributed by atoms with Gasteiger partial charge in [-0.1, -0.05) is 6.07 Å². The lowest BCUT2D eigenvalue weighted by Crippen LogP contribution is -2.38. The van der Waals surface area contributed by atoms with E-state index in [9.17, 15) is 9.59 Å². The molecule has 5 nitrogen and oxygen atoms in total. The molecule has 1 aliphatic rings. The van der Waals surface area contributed by atoms with Gasteiger partial charge in [-0.05, 0) is 30.5 Å². The molecule has 20 heavy (non-hydrogen) atoms. The first-order valence-electron chi connectivity index (χ1n) is 6.87. The number of nitrogens with zero attached hydrogens (tertiary/aromatic N) is 2. The van der Waals surface area contributed by atoms with Crippen LogP contribution in [0.2, 0.25) is 0 Å². The number of carbonyl (C=O) groups excluding carboxylic acids is 2. The number of nitrogen functional groups attached to an aromatic ring is 1. The number of benzene rings is 1. The van der Waals surface area contributed by atoms with Gasteiger partial charge in [0.15, 0.2) is 0 Å². The van der Waals surface area contributed by atoms with Gasteiger partial charge < -0.3 is 15.5 Å². The van der Waals surface area contributed by atoms with Crippen LogP contribution in [0.4, 0.5) is 5.69 Å². The van der Waals surface area contributed by atoms with Crippen LogP contribution in [0.1, 0.15) is 28.8 Å². The second-order valence-electron chi connectivity index (χ2n) is 5.35. The van der Waals surface area contributed by atoms with Crippen LogP contribution in [0.15, 0.2) is 18.2 Å². The zero-order chi connectivity index (χ0) is 14.7. The van der Waals surface area contributed by atoms with Gasteiger partial charge in [0.05, 0.1) is 0 Å². The second kappa shape index (κ2) is 5.94.